The lowest BCUT2D eigenvalue weighted by Crippen LogP contribution is -2.24. The Labute approximate surface area is 163 Å². The molecule has 1 aromatic heterocycles. The van der Waals surface area contributed by atoms with Crippen LogP contribution in [0.15, 0.2) is 65.6 Å². The van der Waals surface area contributed by atoms with Gasteiger partial charge in [-0.15, -0.1) is 11.8 Å². The molecule has 0 aliphatic carbocycles. The summed E-state index contributed by atoms with van der Waals surface area (Å²) < 4.78 is 5.94. The van der Waals surface area contributed by atoms with Gasteiger partial charge in [0.05, 0.1) is 5.56 Å². The number of nitrogens with two attached hydrogens (primary N) is 1. The van der Waals surface area contributed by atoms with Crippen molar-refractivity contribution in [2.24, 2.45) is 0 Å². The number of para-hydroxylation sites is 1. The number of anilines is 1. The van der Waals surface area contributed by atoms with E-state index in [-0.39, 0.29) is 11.7 Å². The number of nitrogens with zero attached hydrogens (tertiary/aromatic N) is 1. The Balaban J connectivity index is 1.61. The van der Waals surface area contributed by atoms with Crippen molar-refractivity contribution in [3.63, 3.8) is 0 Å². The summed E-state index contributed by atoms with van der Waals surface area (Å²) in [7, 11) is 0. The van der Waals surface area contributed by atoms with Gasteiger partial charge in [0.15, 0.2) is 0 Å². The van der Waals surface area contributed by atoms with Crippen molar-refractivity contribution < 1.29 is 9.53 Å². The summed E-state index contributed by atoms with van der Waals surface area (Å²) in [6.07, 6.45) is 2.02. The largest absolute Gasteiger partial charge is 0.456 e. The van der Waals surface area contributed by atoms with Crippen LogP contribution in [-0.2, 0) is 6.54 Å². The van der Waals surface area contributed by atoms with Crippen LogP contribution in [0.2, 0.25) is 0 Å². The molecule has 0 saturated carbocycles. The molecule has 0 aliphatic heterocycles. The molecular weight excluding hydrogens is 358 g/mol. The molecule has 0 unspecified atom stereocenters. The van der Waals surface area contributed by atoms with Crippen molar-refractivity contribution >= 4 is 23.5 Å². The number of carbonyl (C=O) groups excluding carboxylic acids is 1. The molecule has 0 aliphatic rings. The van der Waals surface area contributed by atoms with Crippen molar-refractivity contribution in [2.75, 3.05) is 12.0 Å². The van der Waals surface area contributed by atoms with E-state index < -0.39 is 0 Å². The number of aryl methyl sites for hydroxylation is 1. The number of carbonyl (C=O) groups is 1. The van der Waals surface area contributed by atoms with Gasteiger partial charge in [0.1, 0.15) is 17.3 Å². The number of hydrogen-bond donors (Lipinski definition) is 2. The summed E-state index contributed by atoms with van der Waals surface area (Å²) in [4.78, 5) is 17.5. The van der Waals surface area contributed by atoms with Crippen molar-refractivity contribution in [3.05, 3.63) is 77.5 Å². The number of thioether (sulfide) groups is 1. The van der Waals surface area contributed by atoms with Gasteiger partial charge in [0.2, 0.25) is 0 Å². The third-order valence-electron chi connectivity index (χ3n) is 3.98. The molecule has 0 spiro atoms. The first-order chi connectivity index (χ1) is 13.1. The number of ether oxygens (including phenoxy) is 1. The minimum atomic E-state index is -0.241. The Morgan fingerprint density at radius 3 is 2.56 bits per heavy atom. The Hall–Kier alpha value is -2.99. The summed E-state index contributed by atoms with van der Waals surface area (Å²) in [5, 5.41) is 2.86. The van der Waals surface area contributed by atoms with Crippen LogP contribution in [0.4, 0.5) is 5.82 Å². The van der Waals surface area contributed by atoms with Crippen LogP contribution >= 0.6 is 11.8 Å². The average Bonchev–Trinajstić information content (AvgIpc) is 2.67. The van der Waals surface area contributed by atoms with Crippen molar-refractivity contribution in [2.45, 2.75) is 18.4 Å². The molecule has 27 heavy (non-hydrogen) atoms. The molecule has 5 nitrogen and oxygen atoms in total. The smallest absolute Gasteiger partial charge is 0.255 e. The van der Waals surface area contributed by atoms with E-state index in [1.165, 1.54) is 0 Å². The predicted octanol–water partition coefficient (Wildman–Crippen LogP) is 4.42. The van der Waals surface area contributed by atoms with Gasteiger partial charge in [0.25, 0.3) is 5.91 Å². The average molecular weight is 379 g/mol. The first-order valence-corrected chi connectivity index (χ1v) is 9.70. The van der Waals surface area contributed by atoms with Crippen LogP contribution < -0.4 is 15.8 Å². The third kappa shape index (κ3) is 4.80. The van der Waals surface area contributed by atoms with Crippen molar-refractivity contribution in [1.29, 1.82) is 0 Å². The normalized spacial score (nSPS) is 10.4. The van der Waals surface area contributed by atoms with E-state index in [0.717, 1.165) is 27.7 Å². The molecule has 1 heterocycles. The topological polar surface area (TPSA) is 77.2 Å². The van der Waals surface area contributed by atoms with E-state index in [2.05, 4.69) is 10.3 Å². The van der Waals surface area contributed by atoms with Crippen LogP contribution in [0.3, 0.4) is 0 Å². The number of nitrogens with one attached hydrogen (secondary N) is 1. The highest BCUT2D eigenvalue weighted by molar-refractivity contribution is 7.98. The first kappa shape index (κ1) is 18.8. The zero-order valence-corrected chi connectivity index (χ0v) is 16.0. The van der Waals surface area contributed by atoms with E-state index in [1.54, 1.807) is 23.9 Å². The second-order valence-electron chi connectivity index (χ2n) is 5.96. The summed E-state index contributed by atoms with van der Waals surface area (Å²) in [6.45, 7) is 2.23. The van der Waals surface area contributed by atoms with Crippen LogP contribution in [0.5, 0.6) is 11.5 Å². The van der Waals surface area contributed by atoms with Gasteiger partial charge in [-0.05, 0) is 55.1 Å². The highest BCUT2D eigenvalue weighted by Gasteiger charge is 2.10. The van der Waals surface area contributed by atoms with E-state index in [4.69, 9.17) is 10.5 Å². The number of aromatic nitrogens is 1. The fourth-order valence-electron chi connectivity index (χ4n) is 2.55. The second kappa shape index (κ2) is 8.60. The first-order valence-electron chi connectivity index (χ1n) is 8.48. The number of pyridine rings is 1. The molecular formula is C21H21N3O2S. The van der Waals surface area contributed by atoms with Gasteiger partial charge in [-0.3, -0.25) is 4.79 Å². The maximum absolute atomic E-state index is 12.3. The van der Waals surface area contributed by atoms with Gasteiger partial charge < -0.3 is 15.8 Å². The van der Waals surface area contributed by atoms with Gasteiger partial charge in [-0.25, -0.2) is 4.98 Å². The van der Waals surface area contributed by atoms with E-state index >= 15 is 0 Å². The molecule has 0 fully saturated rings. The second-order valence-corrected chi connectivity index (χ2v) is 6.81. The fourth-order valence-corrected chi connectivity index (χ4v) is 3.08. The highest BCUT2D eigenvalue weighted by Crippen LogP contribution is 2.31. The van der Waals surface area contributed by atoms with Crippen molar-refractivity contribution in [1.82, 2.24) is 10.3 Å². The standard InChI is InChI=1S/C21H21N3O2S/c1-14-7-12-17(20(22)24-14)21(25)23-13-15-8-10-16(11-9-15)26-18-5-3-4-6-19(18)27-2/h3-12H,13H2,1-2H3,(H2,22,24)(H,23,25). The molecule has 1 amide bonds. The lowest BCUT2D eigenvalue weighted by Gasteiger charge is -2.11. The van der Waals surface area contributed by atoms with E-state index in [0.29, 0.717) is 12.1 Å². The molecule has 0 radical (unpaired) electrons. The monoisotopic (exact) mass is 379 g/mol. The number of rotatable bonds is 6. The zero-order valence-electron chi connectivity index (χ0n) is 15.2. The minimum Gasteiger partial charge on any atom is -0.456 e. The number of nitrogen functional groups attached to an aromatic ring is 1. The molecule has 3 aromatic rings. The van der Waals surface area contributed by atoms with Gasteiger partial charge in [-0.2, -0.15) is 0 Å². The SMILES string of the molecule is CSc1ccccc1Oc1ccc(CNC(=O)c2ccc(C)nc2N)cc1. The number of amides is 1. The fraction of sp³-hybridized carbons (Fsp3) is 0.143. The van der Waals surface area contributed by atoms with E-state index in [9.17, 15) is 4.79 Å². The van der Waals surface area contributed by atoms with Crippen LogP contribution in [0.25, 0.3) is 0 Å². The zero-order chi connectivity index (χ0) is 19.2. The molecule has 138 valence electrons. The lowest BCUT2D eigenvalue weighted by atomic mass is 10.2. The maximum atomic E-state index is 12.3. The van der Waals surface area contributed by atoms with Crippen LogP contribution in [0.1, 0.15) is 21.6 Å². The van der Waals surface area contributed by atoms with Gasteiger partial charge in [-0.1, -0.05) is 24.3 Å². The Morgan fingerprint density at radius 2 is 1.85 bits per heavy atom. The summed E-state index contributed by atoms with van der Waals surface area (Å²) >= 11 is 1.64. The maximum Gasteiger partial charge on any atom is 0.255 e. The predicted molar refractivity (Wildman–Crippen MR) is 109 cm³/mol. The molecule has 6 heteroatoms. The molecule has 0 bridgehead atoms. The Morgan fingerprint density at radius 1 is 1.11 bits per heavy atom. The minimum absolute atomic E-state index is 0.240. The van der Waals surface area contributed by atoms with E-state index in [1.807, 2.05) is 61.7 Å². The molecule has 3 N–H and O–H groups in total. The summed E-state index contributed by atoms with van der Waals surface area (Å²) in [6, 6.07) is 19.0. The Bertz CT molecular complexity index is 942. The third-order valence-corrected chi connectivity index (χ3v) is 4.76. The molecule has 3 rings (SSSR count). The van der Waals surface area contributed by atoms with Gasteiger partial charge in [0, 0.05) is 17.1 Å². The van der Waals surface area contributed by atoms with Crippen LogP contribution in [-0.4, -0.2) is 17.1 Å². The number of benzene rings is 2. The lowest BCUT2D eigenvalue weighted by molar-refractivity contribution is 0.0951. The van der Waals surface area contributed by atoms with Crippen LogP contribution in [0, 0.1) is 6.92 Å². The molecule has 2 aromatic carbocycles. The van der Waals surface area contributed by atoms with Gasteiger partial charge >= 0.3 is 0 Å². The summed E-state index contributed by atoms with van der Waals surface area (Å²) in [5.41, 5.74) is 7.95. The summed E-state index contributed by atoms with van der Waals surface area (Å²) in [5.74, 6) is 1.57. The quantitative estimate of drug-likeness (QED) is 0.620. The van der Waals surface area contributed by atoms with Crippen molar-refractivity contribution in [3.8, 4) is 11.5 Å². The molecule has 0 atom stereocenters. The highest BCUT2D eigenvalue weighted by atomic mass is 32.2. The number of hydrogen-bond acceptors (Lipinski definition) is 5. The molecule has 0 saturated heterocycles. The Kier molecular flexibility index (Phi) is 5.98.